The highest BCUT2D eigenvalue weighted by atomic mass is 35.5. The standard InChI is InChI=1S/C21H18Cl4N2O3S2.C21H18Cl2F2N2O3S2/c1-21(6-7-26-11-21)30-18-9-13(3-5-15(18)23)27-32(28,29)20-17(25)10-19(31-20)12-2-4-14(22)16(24)8-12;1-21(8-9-26-12-21)30-18-11-14(3-5-16(18)22)27(23)32(28,29)20-7-6-19(31-20)15-4-2-13(24)10-17(15)25/h2-5,8-10,26-27H,6-7,11H2,1H3;2-7,10-11,26H,8-9,12H2,1H3/t2*21-/m11/s1. The van der Waals surface area contributed by atoms with Crippen LogP contribution >= 0.6 is 92.5 Å². The highest BCUT2D eigenvalue weighted by Gasteiger charge is 2.34. The van der Waals surface area contributed by atoms with Gasteiger partial charge in [0.05, 0.1) is 36.5 Å². The van der Waals surface area contributed by atoms with Crippen LogP contribution in [0.25, 0.3) is 20.9 Å². The second kappa shape index (κ2) is 19.6. The van der Waals surface area contributed by atoms with Crippen LogP contribution in [0.15, 0.2) is 99.4 Å². The number of thiophene rings is 2. The highest BCUT2D eigenvalue weighted by Crippen LogP contribution is 2.42. The third-order valence-corrected chi connectivity index (χ3v) is 18.8. The van der Waals surface area contributed by atoms with E-state index >= 15 is 0 Å². The van der Waals surface area contributed by atoms with E-state index in [1.54, 1.807) is 42.5 Å². The Labute approximate surface area is 407 Å². The predicted molar refractivity (Wildman–Crippen MR) is 257 cm³/mol. The molecule has 10 nitrogen and oxygen atoms in total. The lowest BCUT2D eigenvalue weighted by atomic mass is 10.1. The fraction of sp³-hybridized carbons (Fsp3) is 0.238. The van der Waals surface area contributed by atoms with Crippen LogP contribution in [0.1, 0.15) is 26.7 Å². The summed E-state index contributed by atoms with van der Waals surface area (Å²) in [5.74, 6) is -0.776. The van der Waals surface area contributed by atoms with E-state index in [1.807, 2.05) is 13.8 Å². The molecule has 0 spiro atoms. The lowest BCUT2D eigenvalue weighted by Crippen LogP contribution is -2.34. The van der Waals surface area contributed by atoms with Gasteiger partial charge in [-0.2, -0.15) is 12.2 Å². The van der Waals surface area contributed by atoms with Crippen molar-refractivity contribution in [1.29, 1.82) is 0 Å². The van der Waals surface area contributed by atoms with Crippen LogP contribution in [-0.4, -0.2) is 54.2 Å². The predicted octanol–water partition coefficient (Wildman–Crippen LogP) is 12.8. The van der Waals surface area contributed by atoms with Crippen LogP contribution in [0.4, 0.5) is 20.2 Å². The van der Waals surface area contributed by atoms with Crippen molar-refractivity contribution in [2.75, 3.05) is 34.7 Å². The number of nitrogens with zero attached hydrogens (tertiary/aromatic N) is 1. The van der Waals surface area contributed by atoms with Crippen molar-refractivity contribution >= 4 is 124 Å². The van der Waals surface area contributed by atoms with Gasteiger partial charge in [0.1, 0.15) is 38.5 Å². The molecule has 0 amide bonds. The minimum atomic E-state index is -4.16. The number of halogens is 8. The third-order valence-electron chi connectivity index (χ3n) is 10.0. The first-order valence-electron chi connectivity index (χ1n) is 19.1. The molecule has 2 aromatic heterocycles. The van der Waals surface area contributed by atoms with E-state index in [-0.39, 0.29) is 24.7 Å². The first-order chi connectivity index (χ1) is 30.1. The van der Waals surface area contributed by atoms with Crippen molar-refractivity contribution < 1.29 is 35.1 Å². The van der Waals surface area contributed by atoms with E-state index in [4.69, 9.17) is 79.3 Å². The zero-order valence-electron chi connectivity index (χ0n) is 33.5. The van der Waals surface area contributed by atoms with Gasteiger partial charge in [-0.15, -0.1) is 22.7 Å². The molecule has 2 aliphatic heterocycles. The van der Waals surface area contributed by atoms with Gasteiger partial charge in [0.15, 0.2) is 4.21 Å². The number of nitrogens with one attached hydrogen (secondary N) is 3. The monoisotopic (exact) mass is 1070 g/mol. The summed E-state index contributed by atoms with van der Waals surface area (Å²) >= 11 is 39.0. The molecule has 0 aliphatic carbocycles. The molecular formula is C42H36Cl6F2N4O6S4. The zero-order chi connectivity index (χ0) is 46.2. The van der Waals surface area contributed by atoms with Crippen LogP contribution in [0.3, 0.4) is 0 Å². The Hall–Kier alpha value is -3.10. The number of ether oxygens (including phenoxy) is 2. The lowest BCUT2D eigenvalue weighted by molar-refractivity contribution is 0.111. The summed E-state index contributed by atoms with van der Waals surface area (Å²) in [7, 11) is -8.12. The van der Waals surface area contributed by atoms with E-state index in [9.17, 15) is 25.6 Å². The van der Waals surface area contributed by atoms with Gasteiger partial charge < -0.3 is 20.1 Å². The molecule has 2 aliphatic rings. The smallest absolute Gasteiger partial charge is 0.287 e. The molecule has 22 heteroatoms. The second-order valence-corrected chi connectivity index (χ2v) is 23.8. The molecule has 4 aromatic carbocycles. The largest absolute Gasteiger partial charge is 0.485 e. The fourth-order valence-corrected chi connectivity index (χ4v) is 13.2. The Bertz CT molecular complexity index is 2930. The van der Waals surface area contributed by atoms with Gasteiger partial charge in [0, 0.05) is 71.2 Å². The quantitative estimate of drug-likeness (QED) is 0.103. The number of rotatable bonds is 12. The molecule has 0 unspecified atom stereocenters. The fourth-order valence-electron chi connectivity index (χ4n) is 6.66. The Morgan fingerprint density at radius 2 is 1.30 bits per heavy atom. The number of hydrogen-bond donors (Lipinski definition) is 3. The number of benzene rings is 4. The van der Waals surface area contributed by atoms with E-state index in [2.05, 4.69) is 15.4 Å². The zero-order valence-corrected chi connectivity index (χ0v) is 41.3. The summed E-state index contributed by atoms with van der Waals surface area (Å²) < 4.78 is 94.8. The van der Waals surface area contributed by atoms with Crippen molar-refractivity contribution in [3.05, 3.63) is 128 Å². The van der Waals surface area contributed by atoms with Gasteiger partial charge in [-0.05, 0) is 99.2 Å². The van der Waals surface area contributed by atoms with Gasteiger partial charge in [-0.3, -0.25) is 4.72 Å². The van der Waals surface area contributed by atoms with Crippen molar-refractivity contribution in [2.45, 2.75) is 46.3 Å². The van der Waals surface area contributed by atoms with E-state index in [0.29, 0.717) is 69.5 Å². The average Bonchev–Trinajstić information content (AvgIpc) is 4.07. The molecule has 8 rings (SSSR count). The summed E-state index contributed by atoms with van der Waals surface area (Å²) in [4.78, 5) is 0.976. The maximum Gasteiger partial charge on any atom is 0.287 e. The summed E-state index contributed by atoms with van der Waals surface area (Å²) in [5, 5.41) is 8.08. The van der Waals surface area contributed by atoms with Gasteiger partial charge in [-0.1, -0.05) is 64.1 Å². The van der Waals surface area contributed by atoms with E-state index in [1.165, 1.54) is 36.4 Å². The van der Waals surface area contributed by atoms with Gasteiger partial charge >= 0.3 is 0 Å². The van der Waals surface area contributed by atoms with Crippen LogP contribution in [0.5, 0.6) is 11.5 Å². The lowest BCUT2D eigenvalue weighted by Gasteiger charge is -2.26. The molecule has 6 aromatic rings. The molecule has 0 saturated carbocycles. The van der Waals surface area contributed by atoms with Crippen LogP contribution < -0.4 is 28.7 Å². The average molecular weight is 1070 g/mol. The van der Waals surface area contributed by atoms with Gasteiger partial charge in [0.25, 0.3) is 20.0 Å². The van der Waals surface area contributed by atoms with Crippen molar-refractivity contribution in [3.63, 3.8) is 0 Å². The Kier molecular flexibility index (Phi) is 15.0. The summed E-state index contributed by atoms with van der Waals surface area (Å²) in [6, 6.07) is 21.7. The molecular weight excluding hydrogens is 1040 g/mol. The van der Waals surface area contributed by atoms with E-state index in [0.717, 1.165) is 60.7 Å². The molecule has 0 radical (unpaired) electrons. The number of anilines is 2. The van der Waals surface area contributed by atoms with Crippen LogP contribution in [0.2, 0.25) is 25.1 Å². The minimum absolute atomic E-state index is 0.00962. The molecule has 2 saturated heterocycles. The molecule has 0 bridgehead atoms. The molecule has 3 N–H and O–H groups in total. The SMILES string of the molecule is C[C@@]1(Oc2cc(N(Cl)S(=O)(=O)c3ccc(-c4ccc(F)cc4F)s3)ccc2Cl)CCNC1.C[C@@]1(Oc2cc(NS(=O)(=O)c3sc(-c4ccc(Cl)c(Cl)c4)cc3Cl)ccc2Cl)CCNC1. The first-order valence-corrected chi connectivity index (χ1v) is 25.9. The normalized spacial score (nSPS) is 18.7. The molecule has 2 fully saturated rings. The number of hydrogen-bond acceptors (Lipinski definition) is 10. The topological polar surface area (TPSA) is 126 Å². The third kappa shape index (κ3) is 11.2. The van der Waals surface area contributed by atoms with Crippen molar-refractivity contribution in [2.24, 2.45) is 0 Å². The molecule has 64 heavy (non-hydrogen) atoms. The number of sulfonamides is 2. The Morgan fingerprint density at radius 1 is 0.672 bits per heavy atom. The van der Waals surface area contributed by atoms with Gasteiger partial charge in [-0.25, -0.2) is 17.2 Å². The second-order valence-electron chi connectivity index (χ2n) is 15.2. The van der Waals surface area contributed by atoms with E-state index < -0.39 is 42.9 Å². The summed E-state index contributed by atoms with van der Waals surface area (Å²) in [6.45, 7) is 6.89. The maximum atomic E-state index is 14.1. The van der Waals surface area contributed by atoms with Crippen LogP contribution in [-0.2, 0) is 20.0 Å². The Morgan fingerprint density at radius 3 is 1.91 bits per heavy atom. The van der Waals surface area contributed by atoms with Crippen LogP contribution in [0, 0.1) is 11.6 Å². The Balaban J connectivity index is 0.000000191. The molecule has 4 heterocycles. The summed E-state index contributed by atoms with van der Waals surface area (Å²) in [6.07, 6.45) is 1.59. The maximum absolute atomic E-state index is 14.1. The summed E-state index contributed by atoms with van der Waals surface area (Å²) in [5.41, 5.74) is 0.392. The molecule has 340 valence electrons. The first kappa shape index (κ1) is 48.8. The van der Waals surface area contributed by atoms with Crippen molar-refractivity contribution in [1.82, 2.24) is 10.6 Å². The molecule has 2 atom stereocenters. The highest BCUT2D eigenvalue weighted by molar-refractivity contribution is 7.96. The van der Waals surface area contributed by atoms with Gasteiger partial charge in [0.2, 0.25) is 0 Å². The van der Waals surface area contributed by atoms with Crippen molar-refractivity contribution in [3.8, 4) is 32.4 Å². The minimum Gasteiger partial charge on any atom is -0.485 e.